The molecule has 4 heteroatoms. The Bertz CT molecular complexity index is 364. The maximum Gasteiger partial charge on any atom is 0.134 e. The average molecular weight is 291 g/mol. The van der Waals surface area contributed by atoms with Crippen molar-refractivity contribution in [2.45, 2.75) is 18.9 Å². The summed E-state index contributed by atoms with van der Waals surface area (Å²) in [6.45, 7) is 1.08. The summed E-state index contributed by atoms with van der Waals surface area (Å²) in [4.78, 5) is 0. The molecule has 2 rings (SSSR count). The highest BCUT2D eigenvalue weighted by Crippen LogP contribution is 2.37. The lowest BCUT2D eigenvalue weighted by Crippen LogP contribution is -2.13. The van der Waals surface area contributed by atoms with Gasteiger partial charge in [0.25, 0.3) is 0 Å². The molecule has 0 amide bonds. The standard InChI is InChI=1S/C11H13BrClNO/c1-15-10-6-7(13)5-8(11(10)12)9-3-2-4-14-9/h5-6,9,14H,2-4H2,1H3. The van der Waals surface area contributed by atoms with E-state index in [4.69, 9.17) is 16.3 Å². The van der Waals surface area contributed by atoms with Gasteiger partial charge in [0.15, 0.2) is 0 Å². The Kier molecular flexibility index (Phi) is 3.54. The Morgan fingerprint density at radius 1 is 1.53 bits per heavy atom. The minimum absolute atomic E-state index is 0.395. The minimum Gasteiger partial charge on any atom is -0.496 e. The van der Waals surface area contributed by atoms with Gasteiger partial charge in [-0.05, 0) is 53.0 Å². The van der Waals surface area contributed by atoms with Gasteiger partial charge in [0.05, 0.1) is 11.6 Å². The van der Waals surface area contributed by atoms with Crippen molar-refractivity contribution in [3.05, 3.63) is 27.2 Å². The highest BCUT2D eigenvalue weighted by atomic mass is 79.9. The van der Waals surface area contributed by atoms with Crippen LogP contribution < -0.4 is 10.1 Å². The molecule has 2 nitrogen and oxygen atoms in total. The van der Waals surface area contributed by atoms with Crippen LogP contribution in [0.4, 0.5) is 0 Å². The maximum absolute atomic E-state index is 6.05. The highest BCUT2D eigenvalue weighted by Gasteiger charge is 2.21. The monoisotopic (exact) mass is 289 g/mol. The van der Waals surface area contributed by atoms with E-state index >= 15 is 0 Å². The predicted molar refractivity (Wildman–Crippen MR) is 65.7 cm³/mol. The molecule has 0 aliphatic carbocycles. The summed E-state index contributed by atoms with van der Waals surface area (Å²) >= 11 is 9.61. The maximum atomic E-state index is 6.05. The molecule has 0 spiro atoms. The fraction of sp³-hybridized carbons (Fsp3) is 0.455. The molecule has 0 radical (unpaired) electrons. The zero-order chi connectivity index (χ0) is 10.8. The van der Waals surface area contributed by atoms with E-state index in [-0.39, 0.29) is 0 Å². The van der Waals surface area contributed by atoms with E-state index in [0.29, 0.717) is 6.04 Å². The van der Waals surface area contributed by atoms with E-state index in [1.807, 2.05) is 12.1 Å². The summed E-state index contributed by atoms with van der Waals surface area (Å²) in [5.74, 6) is 0.797. The van der Waals surface area contributed by atoms with Gasteiger partial charge in [-0.25, -0.2) is 0 Å². The first-order valence-electron chi connectivity index (χ1n) is 4.98. The van der Waals surface area contributed by atoms with E-state index in [2.05, 4.69) is 21.2 Å². The van der Waals surface area contributed by atoms with E-state index in [9.17, 15) is 0 Å². The minimum atomic E-state index is 0.395. The van der Waals surface area contributed by atoms with Gasteiger partial charge in [0, 0.05) is 11.1 Å². The molecule has 1 aliphatic heterocycles. The molecule has 1 fully saturated rings. The van der Waals surface area contributed by atoms with Gasteiger partial charge in [-0.3, -0.25) is 0 Å². The van der Waals surface area contributed by atoms with Crippen LogP contribution in [0.5, 0.6) is 5.75 Å². The van der Waals surface area contributed by atoms with Gasteiger partial charge in [-0.1, -0.05) is 11.6 Å². The summed E-state index contributed by atoms with van der Waals surface area (Å²) < 4.78 is 6.28. The third-order valence-electron chi connectivity index (χ3n) is 2.69. The number of hydrogen-bond donors (Lipinski definition) is 1. The molecular formula is C11H13BrClNO. The van der Waals surface area contributed by atoms with Crippen molar-refractivity contribution in [3.63, 3.8) is 0 Å². The van der Waals surface area contributed by atoms with Crippen LogP contribution in [-0.4, -0.2) is 13.7 Å². The zero-order valence-corrected chi connectivity index (χ0v) is 10.9. The molecule has 1 atom stereocenters. The fourth-order valence-electron chi connectivity index (χ4n) is 1.94. The second-order valence-electron chi connectivity index (χ2n) is 3.66. The van der Waals surface area contributed by atoms with Crippen molar-refractivity contribution in [2.75, 3.05) is 13.7 Å². The number of halogens is 2. The van der Waals surface area contributed by atoms with Crippen LogP contribution in [0, 0.1) is 0 Å². The van der Waals surface area contributed by atoms with Crippen molar-refractivity contribution < 1.29 is 4.74 Å². The fourth-order valence-corrected chi connectivity index (χ4v) is 2.82. The first-order chi connectivity index (χ1) is 7.22. The van der Waals surface area contributed by atoms with Gasteiger partial charge in [0.1, 0.15) is 5.75 Å². The number of benzene rings is 1. The van der Waals surface area contributed by atoms with Gasteiger partial charge < -0.3 is 10.1 Å². The smallest absolute Gasteiger partial charge is 0.134 e. The average Bonchev–Trinajstić information content (AvgIpc) is 2.74. The summed E-state index contributed by atoms with van der Waals surface area (Å²) in [5.41, 5.74) is 1.19. The van der Waals surface area contributed by atoms with Crippen LogP contribution >= 0.6 is 27.5 Å². The molecule has 1 unspecified atom stereocenters. The van der Waals surface area contributed by atoms with Crippen LogP contribution in [0.15, 0.2) is 16.6 Å². The molecule has 1 saturated heterocycles. The third-order valence-corrected chi connectivity index (χ3v) is 3.75. The topological polar surface area (TPSA) is 21.3 Å². The summed E-state index contributed by atoms with van der Waals surface area (Å²) in [6.07, 6.45) is 2.37. The number of hydrogen-bond acceptors (Lipinski definition) is 2. The largest absolute Gasteiger partial charge is 0.496 e. The number of nitrogens with one attached hydrogen (secondary N) is 1. The van der Waals surface area contributed by atoms with Crippen LogP contribution in [0.25, 0.3) is 0 Å². The van der Waals surface area contributed by atoms with E-state index < -0.39 is 0 Å². The molecular weight excluding hydrogens is 277 g/mol. The zero-order valence-electron chi connectivity index (χ0n) is 8.52. The van der Waals surface area contributed by atoms with E-state index in [0.717, 1.165) is 28.2 Å². The molecule has 0 aromatic heterocycles. The summed E-state index contributed by atoms with van der Waals surface area (Å²) in [7, 11) is 1.66. The molecule has 1 heterocycles. The van der Waals surface area contributed by atoms with Crippen LogP contribution in [0.2, 0.25) is 5.02 Å². The first-order valence-corrected chi connectivity index (χ1v) is 6.16. The Labute approximate surface area is 103 Å². The molecule has 1 aromatic rings. The number of methoxy groups -OCH3 is 1. The second kappa shape index (κ2) is 4.73. The van der Waals surface area contributed by atoms with Gasteiger partial charge in [0.2, 0.25) is 0 Å². The predicted octanol–water partition coefficient (Wildman–Crippen LogP) is 3.54. The van der Waals surface area contributed by atoms with Crippen LogP contribution in [0.1, 0.15) is 24.4 Å². The molecule has 0 saturated carbocycles. The quantitative estimate of drug-likeness (QED) is 0.899. The van der Waals surface area contributed by atoms with E-state index in [1.54, 1.807) is 7.11 Å². The van der Waals surface area contributed by atoms with Crippen molar-refractivity contribution >= 4 is 27.5 Å². The van der Waals surface area contributed by atoms with E-state index in [1.165, 1.54) is 12.0 Å². The summed E-state index contributed by atoms with van der Waals surface area (Å²) in [5, 5.41) is 4.17. The second-order valence-corrected chi connectivity index (χ2v) is 4.89. The lowest BCUT2D eigenvalue weighted by molar-refractivity contribution is 0.410. The van der Waals surface area contributed by atoms with Crippen molar-refractivity contribution in [2.24, 2.45) is 0 Å². The van der Waals surface area contributed by atoms with Crippen molar-refractivity contribution in [1.29, 1.82) is 0 Å². The van der Waals surface area contributed by atoms with Crippen molar-refractivity contribution in [3.8, 4) is 5.75 Å². The molecule has 15 heavy (non-hydrogen) atoms. The van der Waals surface area contributed by atoms with Gasteiger partial charge >= 0.3 is 0 Å². The Balaban J connectivity index is 2.40. The Hall–Kier alpha value is -0.250. The van der Waals surface area contributed by atoms with Gasteiger partial charge in [-0.2, -0.15) is 0 Å². The molecule has 1 aromatic carbocycles. The lowest BCUT2D eigenvalue weighted by atomic mass is 10.1. The lowest BCUT2D eigenvalue weighted by Gasteiger charge is -2.15. The first kappa shape index (κ1) is 11.2. The Morgan fingerprint density at radius 2 is 2.33 bits per heavy atom. The molecule has 0 bridgehead atoms. The highest BCUT2D eigenvalue weighted by molar-refractivity contribution is 9.10. The molecule has 82 valence electrons. The van der Waals surface area contributed by atoms with Crippen LogP contribution in [-0.2, 0) is 0 Å². The molecule has 1 aliphatic rings. The SMILES string of the molecule is COc1cc(Cl)cc(C2CCCN2)c1Br. The number of ether oxygens (including phenoxy) is 1. The summed E-state index contributed by atoms with van der Waals surface area (Å²) in [6, 6.07) is 4.22. The third kappa shape index (κ3) is 2.30. The number of rotatable bonds is 2. The van der Waals surface area contributed by atoms with Gasteiger partial charge in [-0.15, -0.1) is 0 Å². The normalized spacial score (nSPS) is 20.6. The Morgan fingerprint density at radius 3 is 2.93 bits per heavy atom. The molecule has 1 N–H and O–H groups in total. The van der Waals surface area contributed by atoms with Crippen molar-refractivity contribution in [1.82, 2.24) is 5.32 Å². The van der Waals surface area contributed by atoms with Crippen LogP contribution in [0.3, 0.4) is 0 Å².